The Bertz CT molecular complexity index is 505. The first kappa shape index (κ1) is 14.9. The highest BCUT2D eigenvalue weighted by Crippen LogP contribution is 2.22. The summed E-state index contributed by atoms with van der Waals surface area (Å²) in [7, 11) is -3.89. The second-order valence-corrected chi connectivity index (χ2v) is 5.38. The number of hydrogen-bond donors (Lipinski definition) is 2. The van der Waals surface area contributed by atoms with Crippen molar-refractivity contribution in [3.05, 3.63) is 24.0 Å². The number of aliphatic hydroxyl groups excluding tert-OH is 1. The Labute approximate surface area is 106 Å². The minimum Gasteiger partial charge on any atom is -0.396 e. The maximum atomic E-state index is 13.8. The zero-order valence-corrected chi connectivity index (χ0v) is 11.0. The summed E-state index contributed by atoms with van der Waals surface area (Å²) in [6, 6.07) is 3.57. The third kappa shape index (κ3) is 3.66. The van der Waals surface area contributed by atoms with Crippen LogP contribution in [0.15, 0.2) is 23.1 Å². The lowest BCUT2D eigenvalue weighted by Gasteiger charge is -2.23. The maximum absolute atomic E-state index is 13.8. The number of rotatable bonds is 6. The molecule has 1 aromatic carbocycles. The molecule has 5 nitrogen and oxygen atoms in total. The summed E-state index contributed by atoms with van der Waals surface area (Å²) in [5.74, 6) is -0.638. The van der Waals surface area contributed by atoms with Crippen LogP contribution in [0.3, 0.4) is 0 Å². The minimum absolute atomic E-state index is 0.0212. The van der Waals surface area contributed by atoms with Crippen molar-refractivity contribution in [1.29, 1.82) is 0 Å². The Hall–Kier alpha value is -1.18. The molecule has 0 fully saturated rings. The fourth-order valence-corrected chi connectivity index (χ4v) is 2.16. The lowest BCUT2D eigenvalue weighted by Crippen LogP contribution is -2.25. The lowest BCUT2D eigenvalue weighted by atomic mass is 10.2. The molecule has 0 aliphatic rings. The van der Waals surface area contributed by atoms with E-state index in [1.807, 2.05) is 6.92 Å². The Morgan fingerprint density at radius 1 is 1.44 bits per heavy atom. The molecule has 0 heterocycles. The number of nitrogens with zero attached hydrogens (tertiary/aromatic N) is 1. The fraction of sp³-hybridized carbons (Fsp3) is 0.455. The molecule has 0 saturated carbocycles. The number of aliphatic hydroxyl groups is 1. The second kappa shape index (κ2) is 6.12. The molecule has 0 aliphatic heterocycles. The summed E-state index contributed by atoms with van der Waals surface area (Å²) >= 11 is 0. The molecule has 1 rings (SSSR count). The monoisotopic (exact) mass is 276 g/mol. The number of halogens is 1. The molecule has 18 heavy (non-hydrogen) atoms. The van der Waals surface area contributed by atoms with E-state index in [-0.39, 0.29) is 11.5 Å². The van der Waals surface area contributed by atoms with Gasteiger partial charge in [-0.15, -0.1) is 0 Å². The van der Waals surface area contributed by atoms with E-state index in [0.29, 0.717) is 25.2 Å². The first-order valence-corrected chi connectivity index (χ1v) is 7.13. The Balaban J connectivity index is 3.04. The van der Waals surface area contributed by atoms with Crippen LogP contribution in [-0.4, -0.2) is 33.2 Å². The molecular formula is C11H17FN2O3S. The third-order valence-electron chi connectivity index (χ3n) is 2.56. The average Bonchev–Trinajstić information content (AvgIpc) is 2.30. The fourth-order valence-electron chi connectivity index (χ4n) is 1.63. The van der Waals surface area contributed by atoms with Crippen LogP contribution in [0.25, 0.3) is 0 Å². The largest absolute Gasteiger partial charge is 0.396 e. The highest BCUT2D eigenvalue weighted by molar-refractivity contribution is 7.89. The predicted molar refractivity (Wildman–Crippen MR) is 67.4 cm³/mol. The molecule has 0 atom stereocenters. The highest BCUT2D eigenvalue weighted by Gasteiger charge is 2.14. The summed E-state index contributed by atoms with van der Waals surface area (Å²) in [5.41, 5.74) is 0.304. The quantitative estimate of drug-likeness (QED) is 0.800. The molecule has 3 N–H and O–H groups in total. The molecule has 0 spiro atoms. The zero-order chi connectivity index (χ0) is 13.8. The topological polar surface area (TPSA) is 83.6 Å². The first-order valence-electron chi connectivity index (χ1n) is 5.58. The number of hydrogen-bond acceptors (Lipinski definition) is 4. The predicted octanol–water partition coefficient (Wildman–Crippen LogP) is 0.682. The van der Waals surface area contributed by atoms with E-state index in [9.17, 15) is 12.8 Å². The van der Waals surface area contributed by atoms with Crippen molar-refractivity contribution < 1.29 is 17.9 Å². The highest BCUT2D eigenvalue weighted by atomic mass is 32.2. The third-order valence-corrected chi connectivity index (χ3v) is 3.47. The number of nitrogens with two attached hydrogens (primary N) is 1. The van der Waals surface area contributed by atoms with E-state index in [2.05, 4.69) is 0 Å². The van der Waals surface area contributed by atoms with Crippen molar-refractivity contribution in [1.82, 2.24) is 0 Å². The van der Waals surface area contributed by atoms with Gasteiger partial charge in [-0.1, -0.05) is 0 Å². The number of sulfonamides is 1. The minimum atomic E-state index is -3.89. The molecule has 7 heteroatoms. The standard InChI is InChI=1S/C11H17FN2O3S/c1-2-14(6-3-7-15)11-5-4-9(8-10(11)12)18(13,16)17/h4-5,8,15H,2-3,6-7H2,1H3,(H2,13,16,17). The molecule has 0 unspecified atom stereocenters. The molecule has 0 aromatic heterocycles. The maximum Gasteiger partial charge on any atom is 0.238 e. The van der Waals surface area contributed by atoms with Gasteiger partial charge in [-0.25, -0.2) is 17.9 Å². The van der Waals surface area contributed by atoms with Crippen LogP contribution in [0.2, 0.25) is 0 Å². The van der Waals surface area contributed by atoms with Gasteiger partial charge in [0, 0.05) is 19.7 Å². The van der Waals surface area contributed by atoms with Crippen molar-refractivity contribution in [2.45, 2.75) is 18.2 Å². The smallest absolute Gasteiger partial charge is 0.238 e. The van der Waals surface area contributed by atoms with Crippen LogP contribution >= 0.6 is 0 Å². The summed E-state index contributed by atoms with van der Waals surface area (Å²) in [5, 5.41) is 13.7. The van der Waals surface area contributed by atoms with Crippen LogP contribution in [0.1, 0.15) is 13.3 Å². The number of anilines is 1. The summed E-state index contributed by atoms with van der Waals surface area (Å²) in [6.07, 6.45) is 0.518. The van der Waals surface area contributed by atoms with Crippen molar-refractivity contribution in [3.8, 4) is 0 Å². The van der Waals surface area contributed by atoms with E-state index in [0.717, 1.165) is 6.07 Å². The first-order chi connectivity index (χ1) is 8.40. The number of benzene rings is 1. The Morgan fingerprint density at radius 3 is 2.56 bits per heavy atom. The second-order valence-electron chi connectivity index (χ2n) is 3.82. The number of primary sulfonamides is 1. The van der Waals surface area contributed by atoms with Gasteiger partial charge in [0.1, 0.15) is 5.82 Å². The molecule has 0 saturated heterocycles. The van der Waals surface area contributed by atoms with Crippen molar-refractivity contribution in [2.75, 3.05) is 24.6 Å². The van der Waals surface area contributed by atoms with Gasteiger partial charge >= 0.3 is 0 Å². The molecule has 0 radical (unpaired) electrons. The van der Waals surface area contributed by atoms with Gasteiger partial charge in [0.05, 0.1) is 10.6 Å². The van der Waals surface area contributed by atoms with Gasteiger partial charge in [0.15, 0.2) is 0 Å². The SMILES string of the molecule is CCN(CCCO)c1ccc(S(N)(=O)=O)cc1F. The zero-order valence-electron chi connectivity index (χ0n) is 10.1. The van der Waals surface area contributed by atoms with Crippen LogP contribution in [0.4, 0.5) is 10.1 Å². The molecule has 0 bridgehead atoms. The summed E-state index contributed by atoms with van der Waals surface area (Å²) in [4.78, 5) is 1.47. The van der Waals surface area contributed by atoms with Crippen molar-refractivity contribution >= 4 is 15.7 Å². The average molecular weight is 276 g/mol. The van der Waals surface area contributed by atoms with E-state index >= 15 is 0 Å². The summed E-state index contributed by atoms with van der Waals surface area (Å²) in [6.45, 7) is 2.93. The van der Waals surface area contributed by atoms with Gasteiger partial charge in [0.25, 0.3) is 0 Å². The normalized spacial score (nSPS) is 11.6. The van der Waals surface area contributed by atoms with Gasteiger partial charge in [-0.2, -0.15) is 0 Å². The summed E-state index contributed by atoms with van der Waals surface area (Å²) < 4.78 is 36.0. The van der Waals surface area contributed by atoms with E-state index in [1.54, 1.807) is 4.90 Å². The van der Waals surface area contributed by atoms with E-state index in [4.69, 9.17) is 10.2 Å². The molecule has 0 amide bonds. The molecule has 0 aliphatic carbocycles. The van der Waals surface area contributed by atoms with Gasteiger partial charge in [0.2, 0.25) is 10.0 Å². The molecule has 102 valence electrons. The van der Waals surface area contributed by atoms with Crippen molar-refractivity contribution in [3.63, 3.8) is 0 Å². The lowest BCUT2D eigenvalue weighted by molar-refractivity contribution is 0.289. The van der Waals surface area contributed by atoms with E-state index < -0.39 is 15.8 Å². The molecular weight excluding hydrogens is 259 g/mol. The van der Waals surface area contributed by atoms with Gasteiger partial charge in [-0.3, -0.25) is 0 Å². The van der Waals surface area contributed by atoms with Crippen LogP contribution in [0, 0.1) is 5.82 Å². The van der Waals surface area contributed by atoms with Crippen LogP contribution in [-0.2, 0) is 10.0 Å². The Kier molecular flexibility index (Phi) is 5.06. The van der Waals surface area contributed by atoms with Crippen molar-refractivity contribution in [2.24, 2.45) is 5.14 Å². The van der Waals surface area contributed by atoms with Gasteiger partial charge in [-0.05, 0) is 31.5 Å². The van der Waals surface area contributed by atoms with Crippen LogP contribution < -0.4 is 10.0 Å². The van der Waals surface area contributed by atoms with Crippen LogP contribution in [0.5, 0.6) is 0 Å². The van der Waals surface area contributed by atoms with Gasteiger partial charge < -0.3 is 10.0 Å². The molecule has 1 aromatic rings. The van der Waals surface area contributed by atoms with E-state index in [1.165, 1.54) is 12.1 Å². The Morgan fingerprint density at radius 2 is 2.11 bits per heavy atom.